The lowest BCUT2D eigenvalue weighted by Gasteiger charge is -2.07. The van der Waals surface area contributed by atoms with Crippen molar-refractivity contribution in [3.8, 4) is 5.88 Å². The molecule has 0 aromatic carbocycles. The molecule has 0 saturated heterocycles. The first-order valence-corrected chi connectivity index (χ1v) is 5.66. The summed E-state index contributed by atoms with van der Waals surface area (Å²) in [5.41, 5.74) is 7.33. The molecule has 0 spiro atoms. The second-order valence-electron chi connectivity index (χ2n) is 3.69. The van der Waals surface area contributed by atoms with Crippen molar-refractivity contribution in [1.29, 1.82) is 0 Å². The maximum Gasteiger partial charge on any atom is 0.213 e. The Hall–Kier alpha value is -1.29. The SMILES string of the molecule is CCCCOCCOc1cc(C)c(N)cn1. The predicted molar refractivity (Wildman–Crippen MR) is 64.6 cm³/mol. The third kappa shape index (κ3) is 4.49. The Bertz CT molecular complexity index is 316. The lowest BCUT2D eigenvalue weighted by atomic mass is 10.2. The summed E-state index contributed by atoms with van der Waals surface area (Å²) in [5, 5.41) is 0. The molecule has 0 radical (unpaired) electrons. The smallest absolute Gasteiger partial charge is 0.213 e. The Labute approximate surface area is 96.8 Å². The summed E-state index contributed by atoms with van der Waals surface area (Å²) >= 11 is 0. The molecule has 0 saturated carbocycles. The highest BCUT2D eigenvalue weighted by molar-refractivity contribution is 5.45. The van der Waals surface area contributed by atoms with Gasteiger partial charge in [0.15, 0.2) is 0 Å². The molecule has 1 aromatic rings. The third-order valence-corrected chi connectivity index (χ3v) is 2.25. The second kappa shape index (κ2) is 7.06. The van der Waals surface area contributed by atoms with Gasteiger partial charge in [-0.1, -0.05) is 13.3 Å². The van der Waals surface area contributed by atoms with Crippen molar-refractivity contribution >= 4 is 5.69 Å². The average Bonchev–Trinajstić information content (AvgIpc) is 2.28. The summed E-state index contributed by atoms with van der Waals surface area (Å²) < 4.78 is 10.8. The maximum atomic E-state index is 5.66. The van der Waals surface area contributed by atoms with Gasteiger partial charge in [-0.25, -0.2) is 4.98 Å². The number of nitrogens with zero attached hydrogens (tertiary/aromatic N) is 1. The number of hydrogen-bond donors (Lipinski definition) is 1. The summed E-state index contributed by atoms with van der Waals surface area (Å²) in [4.78, 5) is 4.07. The molecule has 0 aliphatic heterocycles. The number of nitrogen functional groups attached to an aromatic ring is 1. The van der Waals surface area contributed by atoms with E-state index in [0.717, 1.165) is 25.0 Å². The number of unbranched alkanes of at least 4 members (excludes halogenated alkanes) is 1. The zero-order valence-corrected chi connectivity index (χ0v) is 10.0. The van der Waals surface area contributed by atoms with Crippen molar-refractivity contribution in [2.75, 3.05) is 25.6 Å². The predicted octanol–water partition coefficient (Wildman–Crippen LogP) is 2.17. The Balaban J connectivity index is 2.19. The van der Waals surface area contributed by atoms with Gasteiger partial charge in [0.05, 0.1) is 18.5 Å². The molecule has 0 unspecified atom stereocenters. The number of nitrogens with two attached hydrogens (primary N) is 1. The van der Waals surface area contributed by atoms with Gasteiger partial charge >= 0.3 is 0 Å². The van der Waals surface area contributed by atoms with E-state index in [-0.39, 0.29) is 0 Å². The van der Waals surface area contributed by atoms with Crippen LogP contribution in [0.3, 0.4) is 0 Å². The van der Waals surface area contributed by atoms with E-state index in [1.54, 1.807) is 6.20 Å². The van der Waals surface area contributed by atoms with Crippen LogP contribution in [-0.4, -0.2) is 24.8 Å². The number of hydrogen-bond acceptors (Lipinski definition) is 4. The minimum Gasteiger partial charge on any atom is -0.475 e. The number of pyridine rings is 1. The van der Waals surface area contributed by atoms with E-state index in [4.69, 9.17) is 15.2 Å². The van der Waals surface area contributed by atoms with Gasteiger partial charge < -0.3 is 15.2 Å². The summed E-state index contributed by atoms with van der Waals surface area (Å²) in [5.74, 6) is 0.603. The molecule has 1 rings (SSSR count). The van der Waals surface area contributed by atoms with E-state index in [2.05, 4.69) is 11.9 Å². The summed E-state index contributed by atoms with van der Waals surface area (Å²) in [7, 11) is 0. The fourth-order valence-electron chi connectivity index (χ4n) is 1.17. The van der Waals surface area contributed by atoms with Gasteiger partial charge in [0.25, 0.3) is 0 Å². The topological polar surface area (TPSA) is 57.4 Å². The molecular formula is C12H20N2O2. The van der Waals surface area contributed by atoms with Crippen molar-refractivity contribution in [3.05, 3.63) is 17.8 Å². The van der Waals surface area contributed by atoms with Crippen molar-refractivity contribution in [3.63, 3.8) is 0 Å². The first kappa shape index (κ1) is 12.8. The van der Waals surface area contributed by atoms with Crippen molar-refractivity contribution in [2.24, 2.45) is 0 Å². The number of anilines is 1. The van der Waals surface area contributed by atoms with E-state index in [0.29, 0.717) is 24.8 Å². The Morgan fingerprint density at radius 1 is 1.31 bits per heavy atom. The van der Waals surface area contributed by atoms with Crippen LogP contribution in [0.1, 0.15) is 25.3 Å². The van der Waals surface area contributed by atoms with Crippen LogP contribution in [0, 0.1) is 6.92 Å². The number of aromatic nitrogens is 1. The van der Waals surface area contributed by atoms with Crippen molar-refractivity contribution < 1.29 is 9.47 Å². The molecule has 0 amide bonds. The zero-order valence-electron chi connectivity index (χ0n) is 10.0. The fraction of sp³-hybridized carbons (Fsp3) is 0.583. The fourth-order valence-corrected chi connectivity index (χ4v) is 1.17. The van der Waals surface area contributed by atoms with Crippen LogP contribution >= 0.6 is 0 Å². The average molecular weight is 224 g/mol. The van der Waals surface area contributed by atoms with Crippen LogP contribution in [0.25, 0.3) is 0 Å². The molecule has 0 bridgehead atoms. The Morgan fingerprint density at radius 2 is 2.12 bits per heavy atom. The molecule has 16 heavy (non-hydrogen) atoms. The number of ether oxygens (including phenoxy) is 2. The van der Waals surface area contributed by atoms with Crippen LogP contribution in [0.2, 0.25) is 0 Å². The molecule has 4 heteroatoms. The van der Waals surface area contributed by atoms with Gasteiger partial charge in [0, 0.05) is 12.7 Å². The first-order chi connectivity index (χ1) is 7.74. The first-order valence-electron chi connectivity index (χ1n) is 5.66. The molecule has 0 aliphatic rings. The van der Waals surface area contributed by atoms with Crippen LogP contribution in [0.4, 0.5) is 5.69 Å². The molecule has 1 heterocycles. The minimum absolute atomic E-state index is 0.528. The van der Waals surface area contributed by atoms with Gasteiger partial charge in [0.2, 0.25) is 5.88 Å². The van der Waals surface area contributed by atoms with Crippen molar-refractivity contribution in [1.82, 2.24) is 4.98 Å². The van der Waals surface area contributed by atoms with Gasteiger partial charge in [-0.05, 0) is 18.9 Å². The largest absolute Gasteiger partial charge is 0.475 e. The summed E-state index contributed by atoms with van der Waals surface area (Å²) in [6.45, 7) is 6.00. The molecule has 0 aliphatic carbocycles. The van der Waals surface area contributed by atoms with Gasteiger partial charge in [-0.2, -0.15) is 0 Å². The maximum absolute atomic E-state index is 5.66. The zero-order chi connectivity index (χ0) is 11.8. The quantitative estimate of drug-likeness (QED) is 0.721. The van der Waals surface area contributed by atoms with Crippen LogP contribution in [-0.2, 0) is 4.74 Å². The van der Waals surface area contributed by atoms with E-state index >= 15 is 0 Å². The van der Waals surface area contributed by atoms with Crippen LogP contribution < -0.4 is 10.5 Å². The normalized spacial score (nSPS) is 10.4. The molecule has 2 N–H and O–H groups in total. The lowest BCUT2D eigenvalue weighted by Crippen LogP contribution is -2.08. The monoisotopic (exact) mass is 224 g/mol. The van der Waals surface area contributed by atoms with E-state index in [1.807, 2.05) is 13.0 Å². The summed E-state index contributed by atoms with van der Waals surface area (Å²) in [6.07, 6.45) is 3.86. The van der Waals surface area contributed by atoms with Gasteiger partial charge in [-0.3, -0.25) is 0 Å². The van der Waals surface area contributed by atoms with Gasteiger partial charge in [-0.15, -0.1) is 0 Å². The third-order valence-electron chi connectivity index (χ3n) is 2.25. The minimum atomic E-state index is 0.528. The lowest BCUT2D eigenvalue weighted by molar-refractivity contribution is 0.0965. The molecule has 90 valence electrons. The summed E-state index contributed by atoms with van der Waals surface area (Å²) in [6, 6.07) is 1.83. The van der Waals surface area contributed by atoms with E-state index in [9.17, 15) is 0 Å². The molecule has 0 fully saturated rings. The molecule has 1 aromatic heterocycles. The highest BCUT2D eigenvalue weighted by Gasteiger charge is 1.98. The second-order valence-corrected chi connectivity index (χ2v) is 3.69. The standard InChI is InChI=1S/C12H20N2O2/c1-3-4-5-15-6-7-16-12-8-10(2)11(13)9-14-12/h8-9H,3-7,13H2,1-2H3. The number of rotatable bonds is 7. The van der Waals surface area contributed by atoms with Crippen LogP contribution in [0.15, 0.2) is 12.3 Å². The molecule has 0 atom stereocenters. The highest BCUT2D eigenvalue weighted by Crippen LogP contribution is 2.14. The Morgan fingerprint density at radius 3 is 2.81 bits per heavy atom. The van der Waals surface area contributed by atoms with Crippen LogP contribution in [0.5, 0.6) is 5.88 Å². The van der Waals surface area contributed by atoms with Gasteiger partial charge in [0.1, 0.15) is 6.61 Å². The highest BCUT2D eigenvalue weighted by atomic mass is 16.5. The number of aryl methyl sites for hydroxylation is 1. The van der Waals surface area contributed by atoms with E-state index in [1.165, 1.54) is 0 Å². The van der Waals surface area contributed by atoms with E-state index < -0.39 is 0 Å². The molecule has 4 nitrogen and oxygen atoms in total. The van der Waals surface area contributed by atoms with Crippen molar-refractivity contribution in [2.45, 2.75) is 26.7 Å². The molecular weight excluding hydrogens is 204 g/mol. The Kier molecular flexibility index (Phi) is 5.64.